The average molecular weight is 527 g/mol. The van der Waals surface area contributed by atoms with E-state index in [1.807, 2.05) is 19.9 Å². The van der Waals surface area contributed by atoms with E-state index in [1.54, 1.807) is 41.2 Å². The fourth-order valence-corrected chi connectivity index (χ4v) is 4.84. The normalized spacial score (nSPS) is 14.6. The van der Waals surface area contributed by atoms with Gasteiger partial charge in [-0.3, -0.25) is 9.59 Å². The number of fused-ring (bicyclic) bond motifs is 1. The summed E-state index contributed by atoms with van der Waals surface area (Å²) in [4.78, 5) is 29.1. The minimum atomic E-state index is -0.656. The molecular weight excluding hydrogens is 503 g/mol. The fraction of sp³-hybridized carbons (Fsp3) is 0.172. The number of rotatable bonds is 6. The maximum atomic E-state index is 14.1. The molecule has 2 aromatic heterocycles. The molecular formula is C29H23FN4O5. The Bertz CT molecular complexity index is 1680. The van der Waals surface area contributed by atoms with Gasteiger partial charge in [0.15, 0.2) is 23.9 Å². The number of carbonyl (C=O) groups is 2. The van der Waals surface area contributed by atoms with E-state index in [9.17, 15) is 19.1 Å². The quantitative estimate of drug-likeness (QED) is 0.282. The van der Waals surface area contributed by atoms with Crippen molar-refractivity contribution in [1.82, 2.24) is 9.78 Å². The van der Waals surface area contributed by atoms with Crippen molar-refractivity contribution in [2.24, 2.45) is 0 Å². The van der Waals surface area contributed by atoms with Gasteiger partial charge in [0.25, 0.3) is 11.6 Å². The lowest BCUT2D eigenvalue weighted by Crippen LogP contribution is -2.39. The van der Waals surface area contributed by atoms with Crippen molar-refractivity contribution >= 4 is 28.8 Å². The zero-order chi connectivity index (χ0) is 27.3. The van der Waals surface area contributed by atoms with E-state index in [4.69, 9.17) is 9.47 Å². The van der Waals surface area contributed by atoms with Crippen LogP contribution in [0.25, 0.3) is 17.0 Å². The third-order valence-corrected chi connectivity index (χ3v) is 6.60. The molecule has 39 heavy (non-hydrogen) atoms. The molecule has 9 nitrogen and oxygen atoms in total. The second kappa shape index (κ2) is 9.39. The number of halogens is 1. The topological polar surface area (TPSA) is 101 Å². The second-order valence-corrected chi connectivity index (χ2v) is 9.26. The molecule has 0 unspecified atom stereocenters. The van der Waals surface area contributed by atoms with Crippen LogP contribution in [0.3, 0.4) is 0 Å². The number of benzene rings is 2. The highest BCUT2D eigenvalue weighted by molar-refractivity contribution is 6.53. The molecule has 0 saturated heterocycles. The summed E-state index contributed by atoms with van der Waals surface area (Å²) in [6.45, 7) is 3.83. The number of anilines is 1. The van der Waals surface area contributed by atoms with Crippen LogP contribution in [0.4, 0.5) is 10.1 Å². The van der Waals surface area contributed by atoms with Gasteiger partial charge in [-0.1, -0.05) is 13.3 Å². The smallest absolute Gasteiger partial charge is 0.331 e. The maximum absolute atomic E-state index is 14.1. The van der Waals surface area contributed by atoms with Crippen molar-refractivity contribution in [2.75, 3.05) is 11.7 Å². The number of hydrogen-bond donors (Lipinski definition) is 0. The van der Waals surface area contributed by atoms with Gasteiger partial charge in [0.1, 0.15) is 11.4 Å². The molecule has 0 bridgehead atoms. The Morgan fingerprint density at radius 1 is 1.03 bits per heavy atom. The number of carbonyl (C=O) groups excluding carboxylic acids is 2. The van der Waals surface area contributed by atoms with Crippen LogP contribution >= 0.6 is 0 Å². The van der Waals surface area contributed by atoms with Gasteiger partial charge < -0.3 is 14.6 Å². The molecule has 0 aliphatic carbocycles. The Balaban J connectivity index is 1.57. The van der Waals surface area contributed by atoms with Crippen LogP contribution in [0.1, 0.15) is 30.2 Å². The minimum Gasteiger partial charge on any atom is -0.858 e. The number of nitrogens with zero attached hydrogens (tertiary/aromatic N) is 4. The van der Waals surface area contributed by atoms with Crippen molar-refractivity contribution in [1.29, 1.82) is 0 Å². The highest BCUT2D eigenvalue weighted by Crippen LogP contribution is 2.41. The van der Waals surface area contributed by atoms with Gasteiger partial charge in [0, 0.05) is 23.3 Å². The molecule has 2 aromatic carbocycles. The van der Waals surface area contributed by atoms with Crippen LogP contribution < -0.4 is 24.0 Å². The Hall–Kier alpha value is -4.99. The Morgan fingerprint density at radius 3 is 2.51 bits per heavy atom. The van der Waals surface area contributed by atoms with Gasteiger partial charge in [0.05, 0.1) is 17.1 Å². The first-order valence-electron chi connectivity index (χ1n) is 12.4. The Labute approximate surface area is 222 Å². The lowest BCUT2D eigenvalue weighted by Gasteiger charge is -2.16. The molecule has 0 atom stereocenters. The van der Waals surface area contributed by atoms with Crippen molar-refractivity contribution in [2.45, 2.75) is 26.7 Å². The third kappa shape index (κ3) is 4.01. The number of hydrogen-bond acceptors (Lipinski definition) is 6. The van der Waals surface area contributed by atoms with E-state index in [2.05, 4.69) is 5.10 Å². The highest BCUT2D eigenvalue weighted by atomic mass is 19.1. The van der Waals surface area contributed by atoms with Crippen LogP contribution in [0.2, 0.25) is 0 Å². The molecule has 0 spiro atoms. The van der Waals surface area contributed by atoms with E-state index >= 15 is 0 Å². The van der Waals surface area contributed by atoms with Gasteiger partial charge in [-0.15, -0.1) is 0 Å². The summed E-state index contributed by atoms with van der Waals surface area (Å²) in [6.07, 6.45) is 4.41. The molecule has 0 N–H and O–H groups in total. The minimum absolute atomic E-state index is 0.0366. The lowest BCUT2D eigenvalue weighted by molar-refractivity contribution is -0.577. The maximum Gasteiger partial charge on any atom is 0.331 e. The first-order chi connectivity index (χ1) is 18.9. The largest absolute Gasteiger partial charge is 0.858 e. The summed E-state index contributed by atoms with van der Waals surface area (Å²) in [5.74, 6) is -1.36. The highest BCUT2D eigenvalue weighted by Gasteiger charge is 2.48. The standard InChI is InChI=1S/C29H23FN4O5/c1-3-5-21-24(28(36)34(31-21)19-9-7-18(30)8-10-19)25-26(32-13-4-6-17(2)15-32)29(37)33(27(25)35)20-11-12-22-23(14-20)39-16-38-22/h4,6-15H,3,5,16H2,1-2H3. The van der Waals surface area contributed by atoms with Crippen LogP contribution in [-0.2, 0) is 16.0 Å². The molecule has 6 rings (SSSR count). The molecule has 196 valence electrons. The number of amides is 2. The lowest BCUT2D eigenvalue weighted by atomic mass is 10.0. The van der Waals surface area contributed by atoms with Crippen molar-refractivity contribution in [3.8, 4) is 23.1 Å². The molecule has 2 amide bonds. The molecule has 10 heteroatoms. The van der Waals surface area contributed by atoms with Gasteiger partial charge >= 0.3 is 5.91 Å². The van der Waals surface area contributed by atoms with Crippen LogP contribution in [-0.4, -0.2) is 28.4 Å². The SMILES string of the molecule is CCCc1nn(-c2ccc(F)cc2)c([O-])c1C1=C([n+]2cccc(C)c2)C(=O)N(c2ccc3c(c2)OCO3)C1=O. The second-order valence-electron chi connectivity index (χ2n) is 9.26. The third-order valence-electron chi connectivity index (χ3n) is 6.60. The molecule has 0 fully saturated rings. The summed E-state index contributed by atoms with van der Waals surface area (Å²) in [6, 6.07) is 13.7. The number of aromatic nitrogens is 3. The van der Waals surface area contributed by atoms with E-state index in [0.717, 1.165) is 15.1 Å². The molecule has 0 radical (unpaired) electrons. The van der Waals surface area contributed by atoms with Crippen LogP contribution in [0.15, 0.2) is 67.0 Å². The van der Waals surface area contributed by atoms with E-state index in [1.165, 1.54) is 24.3 Å². The van der Waals surface area contributed by atoms with E-state index in [0.29, 0.717) is 35.7 Å². The van der Waals surface area contributed by atoms with Crippen molar-refractivity contribution < 1.29 is 33.1 Å². The molecule has 4 aromatic rings. The summed E-state index contributed by atoms with van der Waals surface area (Å²) in [5, 5.41) is 18.4. The predicted octanol–water partition coefficient (Wildman–Crippen LogP) is 3.30. The summed E-state index contributed by atoms with van der Waals surface area (Å²) < 4.78 is 27.1. The molecule has 4 heterocycles. The number of imide groups is 1. The summed E-state index contributed by atoms with van der Waals surface area (Å²) >= 11 is 0. The monoisotopic (exact) mass is 526 g/mol. The number of aryl methyl sites for hydroxylation is 2. The zero-order valence-electron chi connectivity index (χ0n) is 21.2. The molecule has 0 saturated carbocycles. The zero-order valence-corrected chi connectivity index (χ0v) is 21.2. The molecule has 2 aliphatic rings. The average Bonchev–Trinajstić information content (AvgIpc) is 3.58. The predicted molar refractivity (Wildman–Crippen MR) is 137 cm³/mol. The Morgan fingerprint density at radius 2 is 1.77 bits per heavy atom. The first-order valence-corrected chi connectivity index (χ1v) is 12.4. The summed E-state index contributed by atoms with van der Waals surface area (Å²) in [5.41, 5.74) is 1.90. The Kier molecular flexibility index (Phi) is 5.86. The number of pyridine rings is 1. The van der Waals surface area contributed by atoms with E-state index in [-0.39, 0.29) is 29.3 Å². The van der Waals surface area contributed by atoms with Crippen LogP contribution in [0.5, 0.6) is 17.4 Å². The molecule has 2 aliphatic heterocycles. The summed E-state index contributed by atoms with van der Waals surface area (Å²) in [7, 11) is 0. The van der Waals surface area contributed by atoms with Crippen LogP contribution in [0, 0.1) is 12.7 Å². The van der Waals surface area contributed by atoms with Gasteiger partial charge in [-0.25, -0.2) is 14.0 Å². The van der Waals surface area contributed by atoms with Gasteiger partial charge in [-0.2, -0.15) is 9.67 Å². The van der Waals surface area contributed by atoms with Gasteiger partial charge in [-0.05, 0) is 61.7 Å². The van der Waals surface area contributed by atoms with Gasteiger partial charge in [0.2, 0.25) is 6.79 Å². The fourth-order valence-electron chi connectivity index (χ4n) is 4.84. The van der Waals surface area contributed by atoms with Crippen molar-refractivity contribution in [3.63, 3.8) is 0 Å². The van der Waals surface area contributed by atoms with E-state index < -0.39 is 23.5 Å². The first kappa shape index (κ1) is 24.4. The number of ether oxygens (including phenoxy) is 2. The van der Waals surface area contributed by atoms with Crippen molar-refractivity contribution in [3.05, 3.63) is 89.6 Å².